The van der Waals surface area contributed by atoms with E-state index in [0.29, 0.717) is 29.8 Å². The van der Waals surface area contributed by atoms with Crippen LogP contribution < -0.4 is 11.1 Å². The zero-order chi connectivity index (χ0) is 13.5. The second kappa shape index (κ2) is 9.83. The normalized spacial score (nSPS) is 11.8. The van der Waals surface area contributed by atoms with Crippen molar-refractivity contribution in [1.82, 2.24) is 5.32 Å². The van der Waals surface area contributed by atoms with Gasteiger partial charge in [-0.3, -0.25) is 4.79 Å². The first-order valence-corrected chi connectivity index (χ1v) is 7.50. The number of nitrogens with two attached hydrogens (primary N) is 1. The zero-order valence-corrected chi connectivity index (χ0v) is 13.9. The molecule has 1 heterocycles. The van der Waals surface area contributed by atoms with Crippen LogP contribution in [0.2, 0.25) is 8.67 Å². The lowest BCUT2D eigenvalue weighted by Gasteiger charge is -2.09. The second-order valence-corrected chi connectivity index (χ2v) is 6.63. The molecule has 1 aromatic heterocycles. The number of aryl methyl sites for hydroxylation is 1. The fraction of sp³-hybridized carbons (Fsp3) is 0.583. The van der Waals surface area contributed by atoms with Gasteiger partial charge < -0.3 is 11.1 Å². The Bertz CT molecular complexity index is 398. The molecule has 1 rings (SSSR count). The van der Waals surface area contributed by atoms with Gasteiger partial charge in [0.15, 0.2) is 0 Å². The minimum absolute atomic E-state index is 0. The molecule has 3 nitrogen and oxygen atoms in total. The maximum Gasteiger partial charge on any atom is 0.220 e. The third-order valence-electron chi connectivity index (χ3n) is 2.63. The van der Waals surface area contributed by atoms with E-state index in [1.807, 2.05) is 13.0 Å². The highest BCUT2D eigenvalue weighted by atomic mass is 35.5. The van der Waals surface area contributed by atoms with Gasteiger partial charge in [-0.25, -0.2) is 0 Å². The van der Waals surface area contributed by atoms with Crippen LogP contribution in [0.5, 0.6) is 0 Å². The summed E-state index contributed by atoms with van der Waals surface area (Å²) in [7, 11) is 0. The maximum absolute atomic E-state index is 11.5. The number of amides is 1. The van der Waals surface area contributed by atoms with Crippen molar-refractivity contribution in [1.29, 1.82) is 0 Å². The third kappa shape index (κ3) is 7.37. The average molecular weight is 346 g/mol. The quantitative estimate of drug-likeness (QED) is 0.794. The SMILES string of the molecule is CC(CN)CNC(=O)CCCc1cc(Cl)sc1Cl.Cl. The van der Waals surface area contributed by atoms with E-state index in [9.17, 15) is 4.79 Å². The van der Waals surface area contributed by atoms with E-state index in [-0.39, 0.29) is 18.3 Å². The van der Waals surface area contributed by atoms with E-state index in [1.54, 1.807) is 0 Å². The molecule has 0 aromatic carbocycles. The van der Waals surface area contributed by atoms with Gasteiger partial charge in [-0.15, -0.1) is 23.7 Å². The molecule has 7 heteroatoms. The zero-order valence-electron chi connectivity index (χ0n) is 10.7. The fourth-order valence-electron chi connectivity index (χ4n) is 1.44. The highest BCUT2D eigenvalue weighted by molar-refractivity contribution is 7.20. The Labute approximate surface area is 134 Å². The molecule has 1 atom stereocenters. The number of carbonyl (C=O) groups is 1. The summed E-state index contributed by atoms with van der Waals surface area (Å²) < 4.78 is 1.41. The van der Waals surface area contributed by atoms with E-state index < -0.39 is 0 Å². The van der Waals surface area contributed by atoms with Gasteiger partial charge in [0.05, 0.1) is 8.67 Å². The van der Waals surface area contributed by atoms with E-state index in [4.69, 9.17) is 28.9 Å². The van der Waals surface area contributed by atoms with Crippen LogP contribution in [0, 0.1) is 5.92 Å². The lowest BCUT2D eigenvalue weighted by molar-refractivity contribution is -0.121. The van der Waals surface area contributed by atoms with Crippen LogP contribution in [0.4, 0.5) is 0 Å². The molecular weight excluding hydrogens is 327 g/mol. The Balaban J connectivity index is 0.00000324. The molecule has 19 heavy (non-hydrogen) atoms. The third-order valence-corrected chi connectivity index (χ3v) is 4.20. The van der Waals surface area contributed by atoms with E-state index >= 15 is 0 Å². The summed E-state index contributed by atoms with van der Waals surface area (Å²) in [5.41, 5.74) is 6.50. The van der Waals surface area contributed by atoms with Gasteiger partial charge in [-0.1, -0.05) is 30.1 Å². The first-order valence-electron chi connectivity index (χ1n) is 5.93. The molecular formula is C12H19Cl3N2OS. The standard InChI is InChI=1S/C12H18Cl2N2OS.ClH/c1-8(6-15)7-16-11(17)4-2-3-9-5-10(13)18-12(9)14;/h5,8H,2-4,6-7,15H2,1H3,(H,16,17);1H. The van der Waals surface area contributed by atoms with E-state index in [0.717, 1.165) is 22.7 Å². The van der Waals surface area contributed by atoms with E-state index in [2.05, 4.69) is 5.32 Å². The monoisotopic (exact) mass is 344 g/mol. The van der Waals surface area contributed by atoms with Crippen molar-refractivity contribution in [3.05, 3.63) is 20.3 Å². The van der Waals surface area contributed by atoms with Crippen LogP contribution in [0.3, 0.4) is 0 Å². The van der Waals surface area contributed by atoms with Gasteiger partial charge in [0, 0.05) is 13.0 Å². The summed E-state index contributed by atoms with van der Waals surface area (Å²) in [4.78, 5) is 11.5. The van der Waals surface area contributed by atoms with Gasteiger partial charge in [0.1, 0.15) is 0 Å². The summed E-state index contributed by atoms with van der Waals surface area (Å²) in [6, 6.07) is 1.86. The lowest BCUT2D eigenvalue weighted by Crippen LogP contribution is -2.31. The van der Waals surface area contributed by atoms with Gasteiger partial charge >= 0.3 is 0 Å². The molecule has 0 bridgehead atoms. The highest BCUT2D eigenvalue weighted by Crippen LogP contribution is 2.31. The van der Waals surface area contributed by atoms with Gasteiger partial charge in [-0.2, -0.15) is 0 Å². The Morgan fingerprint density at radius 3 is 2.74 bits per heavy atom. The lowest BCUT2D eigenvalue weighted by atomic mass is 10.1. The van der Waals surface area contributed by atoms with Gasteiger partial charge in [0.2, 0.25) is 5.91 Å². The Morgan fingerprint density at radius 1 is 1.53 bits per heavy atom. The first-order chi connectivity index (χ1) is 8.52. The summed E-state index contributed by atoms with van der Waals surface area (Å²) in [5, 5.41) is 2.86. The number of carbonyl (C=O) groups excluding carboxylic acids is 1. The van der Waals surface area contributed by atoms with Crippen LogP contribution in [0.25, 0.3) is 0 Å². The highest BCUT2D eigenvalue weighted by Gasteiger charge is 2.08. The molecule has 110 valence electrons. The molecule has 0 aliphatic heterocycles. The largest absolute Gasteiger partial charge is 0.356 e. The molecule has 3 N–H and O–H groups in total. The van der Waals surface area contributed by atoms with Crippen molar-refractivity contribution in [3.63, 3.8) is 0 Å². The Hall–Kier alpha value is -0.000000000000000222. The Morgan fingerprint density at radius 2 is 2.21 bits per heavy atom. The molecule has 0 saturated heterocycles. The number of hydrogen-bond acceptors (Lipinski definition) is 3. The summed E-state index contributed by atoms with van der Waals surface area (Å²) >= 11 is 13.2. The molecule has 0 aliphatic rings. The minimum Gasteiger partial charge on any atom is -0.356 e. The smallest absolute Gasteiger partial charge is 0.220 e. The van der Waals surface area contributed by atoms with Crippen molar-refractivity contribution >= 4 is 52.9 Å². The number of thiophene rings is 1. The second-order valence-electron chi connectivity index (χ2n) is 4.35. The van der Waals surface area contributed by atoms with Crippen LogP contribution in [-0.4, -0.2) is 19.0 Å². The fourth-order valence-corrected chi connectivity index (χ4v) is 2.99. The van der Waals surface area contributed by atoms with E-state index in [1.165, 1.54) is 11.3 Å². The van der Waals surface area contributed by atoms with Crippen molar-refractivity contribution in [2.45, 2.75) is 26.2 Å². The molecule has 0 fully saturated rings. The first kappa shape index (κ1) is 19.0. The van der Waals surface area contributed by atoms with Crippen molar-refractivity contribution in [2.24, 2.45) is 11.7 Å². The maximum atomic E-state index is 11.5. The number of hydrogen-bond donors (Lipinski definition) is 2. The number of rotatable bonds is 7. The topological polar surface area (TPSA) is 55.1 Å². The summed E-state index contributed by atoms with van der Waals surface area (Å²) in [6.07, 6.45) is 2.05. The molecule has 0 spiro atoms. The van der Waals surface area contributed by atoms with Crippen LogP contribution in [0.15, 0.2) is 6.07 Å². The van der Waals surface area contributed by atoms with Crippen LogP contribution in [0.1, 0.15) is 25.3 Å². The molecule has 0 aliphatic carbocycles. The van der Waals surface area contributed by atoms with Crippen molar-refractivity contribution in [2.75, 3.05) is 13.1 Å². The Kier molecular flexibility index (Phi) is 9.83. The minimum atomic E-state index is 0. The number of halogens is 3. The van der Waals surface area contributed by atoms with Gasteiger partial charge in [0.25, 0.3) is 0 Å². The molecule has 0 radical (unpaired) electrons. The average Bonchev–Trinajstić information content (AvgIpc) is 2.65. The van der Waals surface area contributed by atoms with Crippen LogP contribution in [-0.2, 0) is 11.2 Å². The number of nitrogens with one attached hydrogen (secondary N) is 1. The molecule has 1 unspecified atom stereocenters. The van der Waals surface area contributed by atoms with Crippen LogP contribution >= 0.6 is 46.9 Å². The molecule has 0 saturated carbocycles. The predicted octanol–water partition coefficient (Wildman–Crippen LogP) is 3.51. The van der Waals surface area contributed by atoms with Crippen molar-refractivity contribution in [3.8, 4) is 0 Å². The van der Waals surface area contributed by atoms with Gasteiger partial charge in [-0.05, 0) is 36.9 Å². The predicted molar refractivity (Wildman–Crippen MR) is 85.8 cm³/mol. The van der Waals surface area contributed by atoms with Crippen molar-refractivity contribution < 1.29 is 4.79 Å². The summed E-state index contributed by atoms with van der Waals surface area (Å²) in [6.45, 7) is 3.23. The molecule has 1 aromatic rings. The summed E-state index contributed by atoms with van der Waals surface area (Å²) in [5.74, 6) is 0.381. The molecule has 1 amide bonds.